The Labute approximate surface area is 134 Å². The molecule has 0 fully saturated rings. The maximum absolute atomic E-state index is 5.76. The molecule has 0 aliphatic carbocycles. The molecular weight excluding hydrogens is 328 g/mol. The van der Waals surface area contributed by atoms with E-state index >= 15 is 0 Å². The van der Waals surface area contributed by atoms with Gasteiger partial charge in [0.05, 0.1) is 7.11 Å². The maximum atomic E-state index is 5.76. The summed E-state index contributed by atoms with van der Waals surface area (Å²) in [6, 6.07) is 14.8. The van der Waals surface area contributed by atoms with E-state index in [1.54, 1.807) is 7.11 Å². The highest BCUT2D eigenvalue weighted by Gasteiger charge is 2.20. The third kappa shape index (κ3) is 3.24. The van der Waals surface area contributed by atoms with Gasteiger partial charge in [-0.05, 0) is 48.2 Å². The predicted molar refractivity (Wildman–Crippen MR) is 88.6 cm³/mol. The Morgan fingerprint density at radius 2 is 2.00 bits per heavy atom. The topological polar surface area (TPSA) is 18.5 Å². The van der Waals surface area contributed by atoms with E-state index in [0.717, 1.165) is 24.3 Å². The van der Waals surface area contributed by atoms with Crippen molar-refractivity contribution in [1.29, 1.82) is 0 Å². The summed E-state index contributed by atoms with van der Waals surface area (Å²) in [5.41, 5.74) is 3.92. The Bertz CT molecular complexity index is 622. The minimum atomic E-state index is 0.297. The molecule has 0 amide bonds. The molecule has 2 unspecified atom stereocenters. The second-order valence-corrected chi connectivity index (χ2v) is 6.62. The van der Waals surface area contributed by atoms with Gasteiger partial charge in [0.15, 0.2) is 0 Å². The molecule has 0 radical (unpaired) electrons. The molecule has 1 aliphatic heterocycles. The second kappa shape index (κ2) is 6.10. The number of hydrogen-bond acceptors (Lipinski definition) is 2. The Hall–Kier alpha value is -1.48. The van der Waals surface area contributed by atoms with Gasteiger partial charge in [-0.1, -0.05) is 40.2 Å². The standard InChI is InChI=1S/C18H19BrO2/c1-12-9-15-11-14(5-8-18(15)21-12)17(19)10-13-3-6-16(20-2)7-4-13/h3-8,11-12,17H,9-10H2,1-2H3. The number of fused-ring (bicyclic) bond motifs is 1. The summed E-state index contributed by atoms with van der Waals surface area (Å²) in [7, 11) is 1.69. The SMILES string of the molecule is COc1ccc(CC(Br)c2ccc3c(c2)CC(C)O3)cc1. The fourth-order valence-corrected chi connectivity index (χ4v) is 3.38. The zero-order chi connectivity index (χ0) is 14.8. The van der Waals surface area contributed by atoms with Crippen molar-refractivity contribution in [2.45, 2.75) is 30.7 Å². The first-order valence-electron chi connectivity index (χ1n) is 7.22. The van der Waals surface area contributed by atoms with Gasteiger partial charge >= 0.3 is 0 Å². The maximum Gasteiger partial charge on any atom is 0.123 e. The first kappa shape index (κ1) is 14.5. The van der Waals surface area contributed by atoms with Crippen LogP contribution in [0.2, 0.25) is 0 Å². The molecule has 0 saturated carbocycles. The normalized spacial score (nSPS) is 18.0. The fraction of sp³-hybridized carbons (Fsp3) is 0.333. The molecule has 2 aromatic rings. The van der Waals surface area contributed by atoms with E-state index in [4.69, 9.17) is 9.47 Å². The first-order valence-corrected chi connectivity index (χ1v) is 8.14. The minimum absolute atomic E-state index is 0.297. The minimum Gasteiger partial charge on any atom is -0.497 e. The lowest BCUT2D eigenvalue weighted by Gasteiger charge is -2.12. The number of rotatable bonds is 4. The Balaban J connectivity index is 1.73. The Morgan fingerprint density at radius 1 is 1.24 bits per heavy atom. The van der Waals surface area contributed by atoms with Crippen molar-refractivity contribution in [1.82, 2.24) is 0 Å². The third-order valence-corrected chi connectivity index (χ3v) is 4.71. The lowest BCUT2D eigenvalue weighted by Crippen LogP contribution is -2.05. The quantitative estimate of drug-likeness (QED) is 0.747. The van der Waals surface area contributed by atoms with Gasteiger partial charge in [-0.2, -0.15) is 0 Å². The molecule has 0 bridgehead atoms. The average molecular weight is 347 g/mol. The van der Waals surface area contributed by atoms with Crippen LogP contribution in [0.15, 0.2) is 42.5 Å². The number of alkyl halides is 1. The number of hydrogen-bond donors (Lipinski definition) is 0. The van der Waals surface area contributed by atoms with Gasteiger partial charge in [-0.3, -0.25) is 0 Å². The molecule has 110 valence electrons. The smallest absolute Gasteiger partial charge is 0.123 e. The van der Waals surface area contributed by atoms with Crippen molar-refractivity contribution in [3.8, 4) is 11.5 Å². The molecule has 2 atom stereocenters. The van der Waals surface area contributed by atoms with Crippen molar-refractivity contribution in [2.24, 2.45) is 0 Å². The number of ether oxygens (including phenoxy) is 2. The summed E-state index contributed by atoms with van der Waals surface area (Å²) in [6.45, 7) is 2.11. The average Bonchev–Trinajstić information content (AvgIpc) is 2.87. The van der Waals surface area contributed by atoms with Crippen LogP contribution >= 0.6 is 15.9 Å². The number of methoxy groups -OCH3 is 1. The first-order chi connectivity index (χ1) is 10.2. The Morgan fingerprint density at radius 3 is 2.71 bits per heavy atom. The summed E-state index contributed by atoms with van der Waals surface area (Å²) < 4.78 is 10.9. The molecule has 0 N–H and O–H groups in total. The van der Waals surface area contributed by atoms with Crippen molar-refractivity contribution >= 4 is 15.9 Å². The summed E-state index contributed by atoms with van der Waals surface area (Å²) in [4.78, 5) is 0.312. The molecule has 2 aromatic carbocycles. The molecule has 1 heterocycles. The highest BCUT2D eigenvalue weighted by Crippen LogP contribution is 2.34. The van der Waals surface area contributed by atoms with E-state index in [2.05, 4.69) is 53.2 Å². The van der Waals surface area contributed by atoms with E-state index < -0.39 is 0 Å². The van der Waals surface area contributed by atoms with Crippen LogP contribution in [0.25, 0.3) is 0 Å². The summed E-state index contributed by atoms with van der Waals surface area (Å²) in [5, 5.41) is 0. The van der Waals surface area contributed by atoms with E-state index in [0.29, 0.717) is 10.9 Å². The van der Waals surface area contributed by atoms with Crippen LogP contribution in [-0.2, 0) is 12.8 Å². The van der Waals surface area contributed by atoms with Gasteiger partial charge in [-0.15, -0.1) is 0 Å². The summed E-state index contributed by atoms with van der Waals surface area (Å²) in [5.74, 6) is 1.93. The number of halogens is 1. The molecule has 0 aromatic heterocycles. The number of benzene rings is 2. The van der Waals surface area contributed by atoms with Crippen LogP contribution in [0.5, 0.6) is 11.5 Å². The van der Waals surface area contributed by atoms with Gasteiger partial charge in [-0.25, -0.2) is 0 Å². The highest BCUT2D eigenvalue weighted by atomic mass is 79.9. The van der Waals surface area contributed by atoms with Crippen molar-refractivity contribution in [3.63, 3.8) is 0 Å². The van der Waals surface area contributed by atoms with Crippen molar-refractivity contribution in [3.05, 3.63) is 59.2 Å². The molecule has 1 aliphatic rings. The molecule has 0 spiro atoms. The molecule has 3 heteroatoms. The molecule has 3 rings (SSSR count). The summed E-state index contributed by atoms with van der Waals surface area (Å²) >= 11 is 3.81. The van der Waals surface area contributed by atoms with Gasteiger partial charge in [0.2, 0.25) is 0 Å². The van der Waals surface area contributed by atoms with Gasteiger partial charge in [0, 0.05) is 11.2 Å². The zero-order valence-corrected chi connectivity index (χ0v) is 13.9. The van der Waals surface area contributed by atoms with E-state index in [9.17, 15) is 0 Å². The van der Waals surface area contributed by atoms with E-state index in [1.807, 2.05) is 12.1 Å². The Kier molecular flexibility index (Phi) is 4.20. The van der Waals surface area contributed by atoms with Crippen LogP contribution in [0.4, 0.5) is 0 Å². The summed E-state index contributed by atoms with van der Waals surface area (Å²) in [6.07, 6.45) is 2.26. The zero-order valence-electron chi connectivity index (χ0n) is 12.3. The monoisotopic (exact) mass is 346 g/mol. The molecular formula is C18H19BrO2. The second-order valence-electron chi connectivity index (χ2n) is 5.52. The van der Waals surface area contributed by atoms with Crippen molar-refractivity contribution < 1.29 is 9.47 Å². The van der Waals surface area contributed by atoms with Gasteiger partial charge in [0.25, 0.3) is 0 Å². The molecule has 21 heavy (non-hydrogen) atoms. The van der Waals surface area contributed by atoms with Crippen LogP contribution in [0, 0.1) is 0 Å². The molecule has 0 saturated heterocycles. The third-order valence-electron chi connectivity index (χ3n) is 3.86. The largest absolute Gasteiger partial charge is 0.497 e. The highest BCUT2D eigenvalue weighted by molar-refractivity contribution is 9.09. The lowest BCUT2D eigenvalue weighted by molar-refractivity contribution is 0.254. The van der Waals surface area contributed by atoms with Crippen LogP contribution in [0.3, 0.4) is 0 Å². The molecule has 2 nitrogen and oxygen atoms in total. The lowest BCUT2D eigenvalue weighted by atomic mass is 10.0. The predicted octanol–water partition coefficient (Wildman–Crippen LogP) is 4.70. The van der Waals surface area contributed by atoms with Gasteiger partial charge < -0.3 is 9.47 Å². The van der Waals surface area contributed by atoms with E-state index in [1.165, 1.54) is 16.7 Å². The van der Waals surface area contributed by atoms with Gasteiger partial charge in [0.1, 0.15) is 17.6 Å². The van der Waals surface area contributed by atoms with Crippen LogP contribution in [-0.4, -0.2) is 13.2 Å². The van der Waals surface area contributed by atoms with Crippen LogP contribution < -0.4 is 9.47 Å². The van der Waals surface area contributed by atoms with Crippen molar-refractivity contribution in [2.75, 3.05) is 7.11 Å². The van der Waals surface area contributed by atoms with E-state index in [-0.39, 0.29) is 0 Å². The fourth-order valence-electron chi connectivity index (χ4n) is 2.72. The van der Waals surface area contributed by atoms with Crippen LogP contribution in [0.1, 0.15) is 28.4 Å².